The van der Waals surface area contributed by atoms with Crippen molar-refractivity contribution < 1.29 is 28.6 Å². The van der Waals surface area contributed by atoms with E-state index in [1.807, 2.05) is 0 Å². The van der Waals surface area contributed by atoms with E-state index in [9.17, 15) is 14.4 Å². The van der Waals surface area contributed by atoms with Crippen LogP contribution in [-0.4, -0.2) is 37.2 Å². The van der Waals surface area contributed by atoms with Gasteiger partial charge in [0.2, 0.25) is 0 Å². The van der Waals surface area contributed by atoms with Crippen molar-refractivity contribution in [3.8, 4) is 0 Å². The minimum absolute atomic E-state index is 0.128. The van der Waals surface area contributed by atoms with E-state index in [0.29, 0.717) is 19.3 Å². The molecule has 0 aliphatic rings. The van der Waals surface area contributed by atoms with E-state index in [1.165, 1.54) is 51.4 Å². The Hall–Kier alpha value is -4.71. The maximum absolute atomic E-state index is 12.8. The summed E-state index contributed by atoms with van der Waals surface area (Å²) in [5, 5.41) is 0. The van der Waals surface area contributed by atoms with Gasteiger partial charge in [-0.3, -0.25) is 14.4 Å². The van der Waals surface area contributed by atoms with Crippen LogP contribution in [0.5, 0.6) is 0 Å². The zero-order chi connectivity index (χ0) is 51.4. The lowest BCUT2D eigenvalue weighted by atomic mass is 10.1. The smallest absolute Gasteiger partial charge is 0.306 e. The number of hydrogen-bond donors (Lipinski definition) is 0. The Morgan fingerprint density at radius 3 is 0.859 bits per heavy atom. The number of hydrogen-bond acceptors (Lipinski definition) is 6. The summed E-state index contributed by atoms with van der Waals surface area (Å²) in [5.74, 6) is -1.04. The Morgan fingerprint density at radius 1 is 0.296 bits per heavy atom. The minimum Gasteiger partial charge on any atom is -0.462 e. The Balaban J connectivity index is 4.59. The SMILES string of the molecule is CC/C=C\C/C=C\C/C=C\C/C=C\CCCCC(=O)OC(COC(=O)CCCCC/C=C\C/C=C\C/C=C\C/C=C\CCCCC)COC(=O)CCCCC/C=C\C/C=C\C/C=C\C/C=C\CCCCC. The first-order valence-electron chi connectivity index (χ1n) is 28.3. The highest BCUT2D eigenvalue weighted by Gasteiger charge is 2.19. The van der Waals surface area contributed by atoms with Crippen LogP contribution in [0.4, 0.5) is 0 Å². The first-order valence-corrected chi connectivity index (χ1v) is 28.3. The summed E-state index contributed by atoms with van der Waals surface area (Å²) in [5.41, 5.74) is 0. The molecule has 6 heteroatoms. The molecular weight excluding hydrogens is 877 g/mol. The quantitative estimate of drug-likeness (QED) is 0.0262. The molecule has 0 aromatic heterocycles. The van der Waals surface area contributed by atoms with Crippen molar-refractivity contribution in [2.45, 2.75) is 232 Å². The third-order valence-electron chi connectivity index (χ3n) is 11.3. The van der Waals surface area contributed by atoms with Gasteiger partial charge in [0.1, 0.15) is 13.2 Å². The number of unbranched alkanes of at least 4 members (excludes halogenated alkanes) is 14. The molecule has 6 nitrogen and oxygen atoms in total. The van der Waals surface area contributed by atoms with Crippen LogP contribution in [0.3, 0.4) is 0 Å². The van der Waals surface area contributed by atoms with Crippen molar-refractivity contribution in [3.05, 3.63) is 146 Å². The fourth-order valence-corrected chi connectivity index (χ4v) is 7.04. The Labute approximate surface area is 436 Å². The molecule has 0 aliphatic carbocycles. The van der Waals surface area contributed by atoms with Crippen molar-refractivity contribution in [1.29, 1.82) is 0 Å². The van der Waals surface area contributed by atoms with Gasteiger partial charge >= 0.3 is 17.9 Å². The van der Waals surface area contributed by atoms with Gasteiger partial charge in [-0.05, 0) is 148 Å². The molecule has 0 saturated carbocycles. The molecule has 0 saturated heterocycles. The molecule has 0 unspecified atom stereocenters. The van der Waals surface area contributed by atoms with E-state index >= 15 is 0 Å². The third kappa shape index (κ3) is 56.1. The van der Waals surface area contributed by atoms with E-state index in [-0.39, 0.29) is 37.5 Å². The van der Waals surface area contributed by atoms with Crippen LogP contribution in [0.1, 0.15) is 226 Å². The highest BCUT2D eigenvalue weighted by atomic mass is 16.6. The lowest BCUT2D eigenvalue weighted by Crippen LogP contribution is -2.30. The highest BCUT2D eigenvalue weighted by molar-refractivity contribution is 5.71. The van der Waals surface area contributed by atoms with Gasteiger partial charge in [0.15, 0.2) is 6.10 Å². The second kappa shape index (κ2) is 57.9. The molecule has 0 radical (unpaired) electrons. The zero-order valence-corrected chi connectivity index (χ0v) is 45.4. The average Bonchev–Trinajstić information content (AvgIpc) is 3.37. The van der Waals surface area contributed by atoms with E-state index in [2.05, 4.69) is 167 Å². The molecular formula is C65H102O6. The van der Waals surface area contributed by atoms with Crippen LogP contribution < -0.4 is 0 Å². The zero-order valence-electron chi connectivity index (χ0n) is 45.4. The van der Waals surface area contributed by atoms with Crippen LogP contribution in [0.2, 0.25) is 0 Å². The molecule has 0 atom stereocenters. The fraction of sp³-hybridized carbons (Fsp3) is 0.585. The van der Waals surface area contributed by atoms with Gasteiger partial charge < -0.3 is 14.2 Å². The van der Waals surface area contributed by atoms with Gasteiger partial charge in [-0.15, -0.1) is 0 Å². The van der Waals surface area contributed by atoms with Crippen molar-refractivity contribution >= 4 is 17.9 Å². The van der Waals surface area contributed by atoms with Crippen molar-refractivity contribution in [2.24, 2.45) is 0 Å². The van der Waals surface area contributed by atoms with E-state index < -0.39 is 6.10 Å². The molecule has 0 N–H and O–H groups in total. The maximum atomic E-state index is 12.8. The van der Waals surface area contributed by atoms with E-state index in [1.54, 1.807) is 0 Å². The number of ether oxygens (including phenoxy) is 3. The van der Waals surface area contributed by atoms with Crippen LogP contribution in [0.25, 0.3) is 0 Å². The minimum atomic E-state index is -0.834. The average molecular weight is 980 g/mol. The van der Waals surface area contributed by atoms with E-state index in [4.69, 9.17) is 14.2 Å². The number of carbonyl (C=O) groups excluding carboxylic acids is 3. The van der Waals surface area contributed by atoms with Gasteiger partial charge in [0, 0.05) is 19.3 Å². The molecule has 0 amide bonds. The van der Waals surface area contributed by atoms with Gasteiger partial charge in [-0.25, -0.2) is 0 Å². The van der Waals surface area contributed by atoms with Crippen LogP contribution >= 0.6 is 0 Å². The van der Waals surface area contributed by atoms with Crippen LogP contribution in [0.15, 0.2) is 146 Å². The Kier molecular flexibility index (Phi) is 54.0. The molecule has 0 fully saturated rings. The molecule has 398 valence electrons. The normalized spacial score (nSPS) is 12.8. The maximum Gasteiger partial charge on any atom is 0.306 e. The fourth-order valence-electron chi connectivity index (χ4n) is 7.04. The van der Waals surface area contributed by atoms with Crippen molar-refractivity contribution in [1.82, 2.24) is 0 Å². The monoisotopic (exact) mass is 979 g/mol. The highest BCUT2D eigenvalue weighted by Crippen LogP contribution is 2.11. The second-order valence-electron chi connectivity index (χ2n) is 18.1. The number of rotatable bonds is 49. The number of allylic oxidation sites excluding steroid dienone is 24. The number of esters is 3. The van der Waals surface area contributed by atoms with Crippen LogP contribution in [-0.2, 0) is 28.6 Å². The number of carbonyl (C=O) groups is 3. The van der Waals surface area contributed by atoms with Gasteiger partial charge in [0.05, 0.1) is 0 Å². The van der Waals surface area contributed by atoms with Gasteiger partial charge in [-0.1, -0.05) is 205 Å². The topological polar surface area (TPSA) is 78.9 Å². The summed E-state index contributed by atoms with van der Waals surface area (Å²) < 4.78 is 16.8. The molecule has 0 aromatic carbocycles. The first kappa shape index (κ1) is 66.3. The second-order valence-corrected chi connectivity index (χ2v) is 18.1. The summed E-state index contributed by atoms with van der Waals surface area (Å²) in [4.78, 5) is 38.1. The summed E-state index contributed by atoms with van der Waals surface area (Å²) in [6.45, 7) is 6.36. The Morgan fingerprint density at radius 2 is 0.549 bits per heavy atom. The van der Waals surface area contributed by atoms with Gasteiger partial charge in [-0.2, -0.15) is 0 Å². The molecule has 0 rings (SSSR count). The molecule has 0 aliphatic heterocycles. The summed E-state index contributed by atoms with van der Waals surface area (Å²) >= 11 is 0. The standard InChI is InChI=1S/C65H102O6/c1-4-7-10-13-16-19-22-25-28-30-32-34-37-39-42-45-48-51-54-57-63(66)69-60-62(71-65(68)59-56-53-50-47-44-41-36-27-24-21-18-15-12-9-6-3)61-70-64(67)58-55-52-49-46-43-40-38-35-33-31-29-26-23-20-17-14-11-8-5-2/h9,12,16-21,25-29,32-36,39-40,42-44,47,62H,4-8,10-11,13-15,22-24,30-31,37-38,41,45-46,48-61H2,1-3H3/b12-9-,19-16-,20-17-,21-18-,28-25-,29-26-,34-32-,35-33-,36-27-,42-39-,43-40-,47-44-. The van der Waals surface area contributed by atoms with Crippen LogP contribution in [0, 0.1) is 0 Å². The predicted molar refractivity (Wildman–Crippen MR) is 306 cm³/mol. The van der Waals surface area contributed by atoms with Crippen molar-refractivity contribution in [3.63, 3.8) is 0 Å². The lowest BCUT2D eigenvalue weighted by molar-refractivity contribution is -0.167. The van der Waals surface area contributed by atoms with E-state index in [0.717, 1.165) is 128 Å². The molecule has 0 aromatic rings. The molecule has 71 heavy (non-hydrogen) atoms. The third-order valence-corrected chi connectivity index (χ3v) is 11.3. The Bertz CT molecular complexity index is 1510. The summed E-state index contributed by atoms with van der Waals surface area (Å²) in [6, 6.07) is 0. The largest absolute Gasteiger partial charge is 0.462 e. The van der Waals surface area contributed by atoms with Gasteiger partial charge in [0.25, 0.3) is 0 Å². The predicted octanol–water partition coefficient (Wildman–Crippen LogP) is 19.2. The molecule has 0 spiro atoms. The molecule has 0 bridgehead atoms. The first-order chi connectivity index (χ1) is 35.0. The summed E-state index contributed by atoms with van der Waals surface area (Å²) in [7, 11) is 0. The summed E-state index contributed by atoms with van der Waals surface area (Å²) in [6.07, 6.45) is 82.6. The molecule has 0 heterocycles. The lowest BCUT2D eigenvalue weighted by Gasteiger charge is -2.18. The van der Waals surface area contributed by atoms with Crippen molar-refractivity contribution in [2.75, 3.05) is 13.2 Å².